The average molecular weight is 359 g/mol. The third kappa shape index (κ3) is 4.82. The van der Waals surface area contributed by atoms with E-state index in [1.165, 1.54) is 10.4 Å². The lowest BCUT2D eigenvalue weighted by atomic mass is 10.1. The summed E-state index contributed by atoms with van der Waals surface area (Å²) in [6.45, 7) is 3.31. The summed E-state index contributed by atoms with van der Waals surface area (Å²) in [4.78, 5) is 27.0. The van der Waals surface area contributed by atoms with Crippen molar-refractivity contribution in [3.05, 3.63) is 51.7 Å². The first-order chi connectivity index (χ1) is 12.1. The van der Waals surface area contributed by atoms with E-state index in [1.54, 1.807) is 16.2 Å². The molecule has 1 aliphatic heterocycles. The van der Waals surface area contributed by atoms with Gasteiger partial charge in [-0.2, -0.15) is 0 Å². The maximum Gasteiger partial charge on any atom is 0.309 e. The van der Waals surface area contributed by atoms with Gasteiger partial charge in [-0.3, -0.25) is 9.59 Å². The third-order valence-electron chi connectivity index (χ3n) is 4.11. The minimum Gasteiger partial charge on any atom is -0.493 e. The monoisotopic (exact) mass is 359 g/mol. The van der Waals surface area contributed by atoms with E-state index in [1.807, 2.05) is 42.6 Å². The average Bonchev–Trinajstić information content (AvgIpc) is 3.09. The molecule has 3 rings (SSSR count). The fraction of sp³-hybridized carbons (Fsp3) is 0.368. The molecular formula is C19H21NO4S. The number of carbonyl (C=O) groups is 2. The van der Waals surface area contributed by atoms with Crippen molar-refractivity contribution in [3.8, 4) is 5.75 Å². The molecule has 0 saturated carbocycles. The van der Waals surface area contributed by atoms with Crippen molar-refractivity contribution in [1.82, 2.24) is 4.90 Å². The van der Waals surface area contributed by atoms with Gasteiger partial charge in [-0.15, -0.1) is 11.3 Å². The number of amides is 1. The SMILES string of the molecule is Cc1ccc(OCCC(=O)OCC(=O)N2CCc3sccc3C2)cc1. The van der Waals surface area contributed by atoms with Crippen LogP contribution in [-0.4, -0.2) is 36.5 Å². The largest absolute Gasteiger partial charge is 0.493 e. The predicted octanol–water partition coefficient (Wildman–Crippen LogP) is 2.95. The highest BCUT2D eigenvalue weighted by atomic mass is 32.1. The first kappa shape index (κ1) is 17.5. The number of nitrogens with zero attached hydrogens (tertiary/aromatic N) is 1. The van der Waals surface area contributed by atoms with Crippen molar-refractivity contribution in [2.75, 3.05) is 19.8 Å². The van der Waals surface area contributed by atoms with Crippen molar-refractivity contribution in [3.63, 3.8) is 0 Å². The Morgan fingerprint density at radius 3 is 2.80 bits per heavy atom. The zero-order chi connectivity index (χ0) is 17.6. The Labute approximate surface area is 151 Å². The predicted molar refractivity (Wildman–Crippen MR) is 95.7 cm³/mol. The molecular weight excluding hydrogens is 338 g/mol. The normalized spacial score (nSPS) is 13.2. The Balaban J connectivity index is 1.36. The number of esters is 1. The molecule has 0 spiro atoms. The van der Waals surface area contributed by atoms with Crippen LogP contribution < -0.4 is 4.74 Å². The molecule has 2 aromatic rings. The molecule has 25 heavy (non-hydrogen) atoms. The van der Waals surface area contributed by atoms with Crippen LogP contribution in [0.3, 0.4) is 0 Å². The zero-order valence-corrected chi connectivity index (χ0v) is 15.0. The molecule has 1 aliphatic rings. The summed E-state index contributed by atoms with van der Waals surface area (Å²) in [5.74, 6) is 0.146. The van der Waals surface area contributed by atoms with E-state index >= 15 is 0 Å². The van der Waals surface area contributed by atoms with Crippen LogP contribution in [0.4, 0.5) is 0 Å². The quantitative estimate of drug-likeness (QED) is 0.744. The van der Waals surface area contributed by atoms with Crippen LogP contribution >= 0.6 is 11.3 Å². The van der Waals surface area contributed by atoms with Crippen LogP contribution in [0.5, 0.6) is 5.75 Å². The van der Waals surface area contributed by atoms with Crippen molar-refractivity contribution in [1.29, 1.82) is 0 Å². The maximum absolute atomic E-state index is 12.2. The van der Waals surface area contributed by atoms with Crippen molar-refractivity contribution < 1.29 is 19.1 Å². The number of hydrogen-bond acceptors (Lipinski definition) is 5. The van der Waals surface area contributed by atoms with E-state index in [2.05, 4.69) is 0 Å². The number of aryl methyl sites for hydroxylation is 1. The Morgan fingerprint density at radius 1 is 1.20 bits per heavy atom. The number of ether oxygens (including phenoxy) is 2. The van der Waals surface area contributed by atoms with Crippen LogP contribution in [0.25, 0.3) is 0 Å². The molecule has 1 aromatic carbocycles. The van der Waals surface area contributed by atoms with Gasteiger partial charge in [0.25, 0.3) is 5.91 Å². The summed E-state index contributed by atoms with van der Waals surface area (Å²) in [6.07, 6.45) is 0.993. The van der Waals surface area contributed by atoms with E-state index in [0.717, 1.165) is 17.7 Å². The van der Waals surface area contributed by atoms with Gasteiger partial charge >= 0.3 is 5.97 Å². The van der Waals surface area contributed by atoms with Gasteiger partial charge in [-0.25, -0.2) is 0 Å². The number of hydrogen-bond donors (Lipinski definition) is 0. The fourth-order valence-electron chi connectivity index (χ4n) is 2.65. The lowest BCUT2D eigenvalue weighted by Crippen LogP contribution is -2.38. The van der Waals surface area contributed by atoms with Gasteiger partial charge in [-0.05, 0) is 42.5 Å². The van der Waals surface area contributed by atoms with Gasteiger partial charge in [0.15, 0.2) is 6.61 Å². The molecule has 0 aliphatic carbocycles. The molecule has 6 heteroatoms. The topological polar surface area (TPSA) is 55.8 Å². The van der Waals surface area contributed by atoms with E-state index < -0.39 is 5.97 Å². The Bertz CT molecular complexity index is 738. The lowest BCUT2D eigenvalue weighted by Gasteiger charge is -2.26. The van der Waals surface area contributed by atoms with Crippen LogP contribution in [0, 0.1) is 6.92 Å². The van der Waals surface area contributed by atoms with Crippen LogP contribution in [0.2, 0.25) is 0 Å². The number of rotatable bonds is 6. The van der Waals surface area contributed by atoms with Gasteiger partial charge < -0.3 is 14.4 Å². The Hall–Kier alpha value is -2.34. The molecule has 5 nitrogen and oxygen atoms in total. The molecule has 1 aromatic heterocycles. The Morgan fingerprint density at radius 2 is 2.00 bits per heavy atom. The Kier molecular flexibility index (Phi) is 5.71. The lowest BCUT2D eigenvalue weighted by molar-refractivity contribution is -0.152. The van der Waals surface area contributed by atoms with E-state index in [-0.39, 0.29) is 25.5 Å². The summed E-state index contributed by atoms with van der Waals surface area (Å²) in [6, 6.07) is 9.67. The first-order valence-corrected chi connectivity index (χ1v) is 9.18. The summed E-state index contributed by atoms with van der Waals surface area (Å²) >= 11 is 1.73. The molecule has 0 atom stereocenters. The number of thiophene rings is 1. The number of fused-ring (bicyclic) bond motifs is 1. The molecule has 0 N–H and O–H groups in total. The fourth-order valence-corrected chi connectivity index (χ4v) is 3.54. The third-order valence-corrected chi connectivity index (χ3v) is 5.14. The van der Waals surface area contributed by atoms with E-state index in [4.69, 9.17) is 9.47 Å². The van der Waals surface area contributed by atoms with Crippen molar-refractivity contribution in [2.45, 2.75) is 26.3 Å². The van der Waals surface area contributed by atoms with Crippen molar-refractivity contribution in [2.24, 2.45) is 0 Å². The second kappa shape index (κ2) is 8.16. The molecule has 0 unspecified atom stereocenters. The highest BCUT2D eigenvalue weighted by molar-refractivity contribution is 7.10. The molecule has 0 radical (unpaired) electrons. The summed E-state index contributed by atoms with van der Waals surface area (Å²) in [5, 5.41) is 2.05. The molecule has 2 heterocycles. The van der Waals surface area contributed by atoms with Crippen molar-refractivity contribution >= 4 is 23.2 Å². The second-order valence-electron chi connectivity index (χ2n) is 6.01. The first-order valence-electron chi connectivity index (χ1n) is 8.30. The minimum absolute atomic E-state index is 0.121. The molecule has 1 amide bonds. The number of benzene rings is 1. The summed E-state index contributed by atoms with van der Waals surface area (Å²) in [7, 11) is 0. The van der Waals surface area contributed by atoms with E-state index in [9.17, 15) is 9.59 Å². The van der Waals surface area contributed by atoms with Gasteiger partial charge in [0.1, 0.15) is 5.75 Å². The zero-order valence-electron chi connectivity index (χ0n) is 14.2. The highest BCUT2D eigenvalue weighted by Gasteiger charge is 2.22. The van der Waals surface area contributed by atoms with E-state index in [0.29, 0.717) is 13.1 Å². The molecule has 132 valence electrons. The second-order valence-corrected chi connectivity index (χ2v) is 7.01. The summed E-state index contributed by atoms with van der Waals surface area (Å²) < 4.78 is 10.6. The van der Waals surface area contributed by atoms with Gasteiger partial charge in [0, 0.05) is 18.0 Å². The van der Waals surface area contributed by atoms with Crippen LogP contribution in [0.15, 0.2) is 35.7 Å². The van der Waals surface area contributed by atoms with Gasteiger partial charge in [0.05, 0.1) is 13.0 Å². The van der Waals surface area contributed by atoms with Gasteiger partial charge in [-0.1, -0.05) is 17.7 Å². The van der Waals surface area contributed by atoms with Crippen LogP contribution in [0.1, 0.15) is 22.4 Å². The standard InChI is InChI=1S/C19H21NO4S/c1-14-2-4-16(5-3-14)23-10-7-19(22)24-13-18(21)20-9-6-17-15(12-20)8-11-25-17/h2-5,8,11H,6-7,9-10,12-13H2,1H3. The molecule has 0 fully saturated rings. The van der Waals surface area contributed by atoms with Crippen LogP contribution in [-0.2, 0) is 27.3 Å². The maximum atomic E-state index is 12.2. The summed E-state index contributed by atoms with van der Waals surface area (Å²) in [5.41, 5.74) is 2.35. The smallest absolute Gasteiger partial charge is 0.309 e. The molecule has 0 bridgehead atoms. The van der Waals surface area contributed by atoms with Gasteiger partial charge in [0.2, 0.25) is 0 Å². The molecule has 0 saturated heterocycles. The minimum atomic E-state index is -0.423. The number of carbonyl (C=O) groups excluding carboxylic acids is 2. The highest BCUT2D eigenvalue weighted by Crippen LogP contribution is 2.23.